The molecular weight excluding hydrogens is 389 g/mol. The van der Waals surface area contributed by atoms with Crippen LogP contribution in [0.2, 0.25) is 0 Å². The molecule has 2 fully saturated rings. The number of amides is 4. The van der Waals surface area contributed by atoms with Crippen molar-refractivity contribution in [3.05, 3.63) is 0 Å². The van der Waals surface area contributed by atoms with E-state index in [-0.39, 0.29) is 63.7 Å². The first-order valence-corrected chi connectivity index (χ1v) is 9.64. The van der Waals surface area contributed by atoms with Gasteiger partial charge in [-0.3, -0.25) is 24.1 Å². The summed E-state index contributed by atoms with van der Waals surface area (Å²) >= 11 is 0. The molecule has 1 unspecified atom stereocenters. The van der Waals surface area contributed by atoms with Crippen LogP contribution in [0.15, 0.2) is 0 Å². The molecule has 0 radical (unpaired) electrons. The molecule has 1 atom stereocenters. The summed E-state index contributed by atoms with van der Waals surface area (Å²) in [6, 6.07) is -0.352. The molecule has 2 saturated heterocycles. The minimum atomic E-state index is -2.74. The van der Waals surface area contributed by atoms with Crippen molar-refractivity contribution in [2.75, 3.05) is 26.2 Å². The van der Waals surface area contributed by atoms with Crippen molar-refractivity contribution < 1.29 is 35.7 Å². The molecule has 0 saturated carbocycles. The van der Waals surface area contributed by atoms with Gasteiger partial charge < -0.3 is 15.5 Å². The number of nitrogens with one attached hydrogen (secondary N) is 2. The van der Waals surface area contributed by atoms with Gasteiger partial charge in [-0.1, -0.05) is 13.2 Å². The van der Waals surface area contributed by atoms with E-state index < -0.39 is 36.9 Å². The Kier molecular flexibility index (Phi) is 6.47. The summed E-state index contributed by atoms with van der Waals surface area (Å²) in [5, 5.41) is 5.49. The fourth-order valence-corrected chi connectivity index (χ4v) is 3.21. The molecule has 0 aromatic rings. The Labute approximate surface area is 177 Å². The van der Waals surface area contributed by atoms with Crippen LogP contribution in [0.5, 0.6) is 0 Å². The molecule has 0 aromatic heterocycles. The maximum atomic E-state index is 12.2. The lowest BCUT2D eigenvalue weighted by molar-refractivity contribution is -0.197. The fraction of sp³-hybridized carbons (Fsp3) is 0.737. The van der Waals surface area contributed by atoms with Crippen molar-refractivity contribution in [2.24, 2.45) is 0 Å². The molecule has 29 heavy (non-hydrogen) atoms. The summed E-state index contributed by atoms with van der Waals surface area (Å²) in [6.07, 6.45) is -1.50. The van der Waals surface area contributed by atoms with Gasteiger partial charge in [-0.15, -0.1) is 5.06 Å². The Bertz CT molecular complexity index is 791. The normalized spacial score (nSPS) is 23.0. The summed E-state index contributed by atoms with van der Waals surface area (Å²) in [7, 11) is 0. The van der Waals surface area contributed by atoms with Gasteiger partial charge in [0.1, 0.15) is 0 Å². The van der Waals surface area contributed by atoms with E-state index in [4.69, 9.17) is 6.85 Å². The molecule has 0 aromatic carbocycles. The molecule has 2 N–H and O–H groups in total. The number of likely N-dealkylation sites (tertiary alicyclic amines) is 1. The van der Waals surface area contributed by atoms with E-state index in [0.29, 0.717) is 18.0 Å². The highest BCUT2D eigenvalue weighted by Crippen LogP contribution is 2.20. The zero-order valence-electron chi connectivity index (χ0n) is 21.2. The molecule has 4 amide bonds. The summed E-state index contributed by atoms with van der Waals surface area (Å²) in [5.41, 5.74) is 0. The lowest BCUT2D eigenvalue weighted by Gasteiger charge is -2.23. The Hall–Kier alpha value is -2.49. The van der Waals surface area contributed by atoms with Crippen LogP contribution in [0, 0.1) is 0 Å². The third-order valence-corrected chi connectivity index (χ3v) is 4.71. The van der Waals surface area contributed by atoms with Gasteiger partial charge in [0.05, 0.1) is 13.0 Å². The lowest BCUT2D eigenvalue weighted by atomic mass is 10.4. The SMILES string of the molecule is [2H]C([2H])([2H])[13C]([2H])([2H])[13CH2][13CH]1[13CH2][13CH2][13CH2][15N]1[13CH2]C(=O)NCCC(=O)NCC[13C](=O)ON1C(=O)CCC1=O. The second kappa shape index (κ2) is 11.5. The first-order valence-electron chi connectivity index (χ1n) is 12.1. The van der Waals surface area contributed by atoms with Gasteiger partial charge in [0.25, 0.3) is 11.8 Å². The summed E-state index contributed by atoms with van der Waals surface area (Å²) in [5.74, 6) is -2.80. The average Bonchev–Trinajstić information content (AvgIpc) is 3.27. The molecular formula is C19H30N4O6. The van der Waals surface area contributed by atoms with Crippen molar-refractivity contribution in [3.8, 4) is 0 Å². The molecule has 10 heteroatoms. The van der Waals surface area contributed by atoms with Crippen molar-refractivity contribution >= 4 is 29.6 Å². The largest absolute Gasteiger partial charge is 0.355 e. The second-order valence-corrected chi connectivity index (χ2v) is 6.89. The molecule has 10 nitrogen and oxygen atoms in total. The third kappa shape index (κ3) is 7.45. The van der Waals surface area contributed by atoms with Crippen molar-refractivity contribution in [2.45, 2.75) is 64.2 Å². The molecule has 2 rings (SSSR count). The highest BCUT2D eigenvalue weighted by molar-refractivity contribution is 6.01. The van der Waals surface area contributed by atoms with Crippen LogP contribution in [0.25, 0.3) is 0 Å². The Morgan fingerprint density at radius 1 is 1.14 bits per heavy atom. The highest BCUT2D eigenvalue weighted by atomic mass is 16.8. The van der Waals surface area contributed by atoms with Gasteiger partial charge >= 0.3 is 5.97 Å². The first kappa shape index (κ1) is 16.3. The van der Waals surface area contributed by atoms with E-state index in [9.17, 15) is 24.0 Å². The number of hydrogen-bond acceptors (Lipinski definition) is 7. The number of hydroxylamine groups is 2. The quantitative estimate of drug-likeness (QED) is 0.269. The van der Waals surface area contributed by atoms with Crippen molar-refractivity contribution in [3.63, 3.8) is 0 Å². The van der Waals surface area contributed by atoms with Crippen LogP contribution >= 0.6 is 0 Å². The van der Waals surface area contributed by atoms with Crippen LogP contribution < -0.4 is 10.6 Å². The van der Waals surface area contributed by atoms with Crippen LogP contribution in [0.4, 0.5) is 0 Å². The average molecular weight is 424 g/mol. The van der Waals surface area contributed by atoms with E-state index in [0.717, 1.165) is 6.42 Å². The second-order valence-electron chi connectivity index (χ2n) is 6.89. The van der Waals surface area contributed by atoms with E-state index in [1.165, 1.54) is 0 Å². The number of carbonyl (C=O) groups excluding carboxylic acids is 5. The Balaban J connectivity index is 1.62. The van der Waals surface area contributed by atoms with Gasteiger partial charge in [0, 0.05) is 45.2 Å². The maximum Gasteiger partial charge on any atom is 0.334 e. The monoisotopic (exact) mass is 424 g/mol. The number of nitrogens with zero attached hydrogens (tertiary/aromatic N) is 2. The van der Waals surface area contributed by atoms with Crippen LogP contribution in [0.1, 0.15) is 65.0 Å². The predicted molar refractivity (Wildman–Crippen MR) is 102 cm³/mol. The van der Waals surface area contributed by atoms with E-state index >= 15 is 0 Å². The van der Waals surface area contributed by atoms with Crippen molar-refractivity contribution in [1.82, 2.24) is 20.6 Å². The highest BCUT2D eigenvalue weighted by Gasteiger charge is 2.32. The number of hydrogen-bond donors (Lipinski definition) is 2. The van der Waals surface area contributed by atoms with Gasteiger partial charge in [-0.25, -0.2) is 4.79 Å². The smallest absolute Gasteiger partial charge is 0.334 e. The first-order chi connectivity index (χ1) is 15.8. The van der Waals surface area contributed by atoms with Crippen LogP contribution in [-0.4, -0.2) is 71.8 Å². The zero-order valence-corrected chi connectivity index (χ0v) is 16.2. The number of carbonyl (C=O) groups is 5. The van der Waals surface area contributed by atoms with Gasteiger partial charge in [0.2, 0.25) is 11.8 Å². The molecule has 0 aliphatic carbocycles. The Morgan fingerprint density at radius 3 is 2.55 bits per heavy atom. The minimum absolute atomic E-state index is 0.00947. The number of imide groups is 1. The fourth-order valence-electron chi connectivity index (χ4n) is 3.21. The van der Waals surface area contributed by atoms with Crippen LogP contribution in [-0.2, 0) is 28.8 Å². The van der Waals surface area contributed by atoms with Gasteiger partial charge in [0.15, 0.2) is 0 Å². The molecule has 2 heterocycles. The molecule has 0 bridgehead atoms. The molecule has 2 aliphatic heterocycles. The van der Waals surface area contributed by atoms with Crippen molar-refractivity contribution in [1.29, 1.82) is 0 Å². The number of rotatable bonds is 11. The van der Waals surface area contributed by atoms with E-state index in [1.54, 1.807) is 4.90 Å². The summed E-state index contributed by atoms with van der Waals surface area (Å²) in [4.78, 5) is 64.9. The van der Waals surface area contributed by atoms with Gasteiger partial charge in [-0.05, 0) is 25.8 Å². The molecule has 0 spiro atoms. The third-order valence-electron chi connectivity index (χ3n) is 4.71. The zero-order chi connectivity index (χ0) is 25.5. The van der Waals surface area contributed by atoms with Crippen LogP contribution in [0.3, 0.4) is 0 Å². The Morgan fingerprint density at radius 2 is 1.83 bits per heavy atom. The van der Waals surface area contributed by atoms with Gasteiger partial charge in [-0.2, -0.15) is 0 Å². The van der Waals surface area contributed by atoms with E-state index in [2.05, 4.69) is 15.5 Å². The minimum Gasteiger partial charge on any atom is -0.355 e. The lowest BCUT2D eigenvalue weighted by Crippen LogP contribution is -2.41. The predicted octanol–water partition coefficient (Wildman–Crippen LogP) is -0.129. The molecule has 2 aliphatic rings. The van der Waals surface area contributed by atoms with E-state index in [1.807, 2.05) is 0 Å². The maximum absolute atomic E-state index is 12.2. The summed E-state index contributed by atoms with van der Waals surface area (Å²) < 4.78 is 37.6. The topological polar surface area (TPSA) is 125 Å². The standard InChI is InChI=1S/C19H30N4O6/c1-2-4-14-5-3-12-22(14)13-16(25)21-10-8-15(24)20-11-9-19(28)29-23-17(26)6-7-18(23)27/h14H,2-13H2,1H3,(H,20,24)(H,21,25)/i1D3,2+1D2,3+1,4+1,5+1,12+1,13+1,14+1,19+1,22+1. The molecule has 162 valence electrons. The summed E-state index contributed by atoms with van der Waals surface area (Å²) in [6.45, 7) is -2.23.